The van der Waals surface area contributed by atoms with E-state index in [2.05, 4.69) is 7.05 Å². The van der Waals surface area contributed by atoms with E-state index in [4.69, 9.17) is 0 Å². The van der Waals surface area contributed by atoms with Crippen LogP contribution in [0.25, 0.3) is 0 Å². The van der Waals surface area contributed by atoms with E-state index in [1.165, 1.54) is 17.0 Å². The number of hydrogen-bond acceptors (Lipinski definition) is 1. The molecule has 0 radical (unpaired) electrons. The van der Waals surface area contributed by atoms with Crippen molar-refractivity contribution in [2.45, 2.75) is 12.3 Å². The minimum Gasteiger partial charge on any atom is -0.396 e. The maximum atomic E-state index is 12.8. The highest BCUT2D eigenvalue weighted by Crippen LogP contribution is 2.28. The second-order valence-electron chi connectivity index (χ2n) is 4.80. The summed E-state index contributed by atoms with van der Waals surface area (Å²) in [5.74, 6) is 0.497. The summed E-state index contributed by atoms with van der Waals surface area (Å²) >= 11 is 0. The Morgan fingerprint density at radius 1 is 1.38 bits per heavy atom. The molecule has 1 aliphatic rings. The summed E-state index contributed by atoms with van der Waals surface area (Å²) in [5, 5.41) is 9.41. The molecular weight excluding hydrogens is 205 g/mol. The van der Waals surface area contributed by atoms with Crippen LogP contribution in [-0.2, 0) is 0 Å². The van der Waals surface area contributed by atoms with E-state index < -0.39 is 0 Å². The minimum absolute atomic E-state index is 0.192. The third-order valence-electron chi connectivity index (χ3n) is 3.59. The van der Waals surface area contributed by atoms with E-state index in [0.717, 1.165) is 25.1 Å². The zero-order chi connectivity index (χ0) is 11.5. The van der Waals surface area contributed by atoms with Gasteiger partial charge in [0.25, 0.3) is 0 Å². The lowest BCUT2D eigenvalue weighted by Gasteiger charge is -2.33. The summed E-state index contributed by atoms with van der Waals surface area (Å²) in [6.07, 6.45) is 1.07. The van der Waals surface area contributed by atoms with Gasteiger partial charge in [-0.25, -0.2) is 4.39 Å². The molecule has 0 aromatic heterocycles. The molecule has 16 heavy (non-hydrogen) atoms. The highest BCUT2D eigenvalue weighted by atomic mass is 19.1. The maximum Gasteiger partial charge on any atom is 0.123 e. The number of halogens is 1. The van der Waals surface area contributed by atoms with Crippen LogP contribution in [0.15, 0.2) is 24.3 Å². The van der Waals surface area contributed by atoms with Crippen LogP contribution in [0, 0.1) is 11.7 Å². The van der Waals surface area contributed by atoms with Gasteiger partial charge in [0.1, 0.15) is 5.82 Å². The van der Waals surface area contributed by atoms with Gasteiger partial charge in [0.15, 0.2) is 0 Å². The van der Waals surface area contributed by atoms with Gasteiger partial charge in [0, 0.05) is 12.3 Å². The van der Waals surface area contributed by atoms with E-state index in [-0.39, 0.29) is 12.4 Å². The van der Waals surface area contributed by atoms with Crippen LogP contribution in [0.2, 0.25) is 0 Å². The first-order valence-corrected chi connectivity index (χ1v) is 5.88. The maximum absolute atomic E-state index is 12.8. The molecular formula is C13H19FNO+. The van der Waals surface area contributed by atoms with Gasteiger partial charge in [0.05, 0.1) is 26.7 Å². The van der Waals surface area contributed by atoms with Crippen molar-refractivity contribution in [3.8, 4) is 0 Å². The molecule has 2 N–H and O–H groups in total. The first-order valence-electron chi connectivity index (χ1n) is 5.88. The number of nitrogens with one attached hydrogen (secondary N) is 1. The molecule has 88 valence electrons. The van der Waals surface area contributed by atoms with Crippen LogP contribution in [-0.4, -0.2) is 31.9 Å². The van der Waals surface area contributed by atoms with E-state index in [1.807, 2.05) is 12.1 Å². The minimum atomic E-state index is -0.192. The Bertz CT molecular complexity index is 338. The third kappa shape index (κ3) is 2.42. The number of benzene rings is 1. The largest absolute Gasteiger partial charge is 0.396 e. The van der Waals surface area contributed by atoms with Crippen molar-refractivity contribution in [1.29, 1.82) is 0 Å². The van der Waals surface area contributed by atoms with Crippen LogP contribution in [0.1, 0.15) is 17.9 Å². The molecule has 1 aliphatic heterocycles. The summed E-state index contributed by atoms with van der Waals surface area (Å²) in [6.45, 7) is 2.34. The van der Waals surface area contributed by atoms with Crippen molar-refractivity contribution in [1.82, 2.24) is 0 Å². The van der Waals surface area contributed by atoms with Crippen LogP contribution < -0.4 is 4.90 Å². The number of likely N-dealkylation sites (tertiary alicyclic amines) is 1. The summed E-state index contributed by atoms with van der Waals surface area (Å²) < 4.78 is 12.8. The Kier molecular flexibility index (Phi) is 3.56. The fourth-order valence-electron chi connectivity index (χ4n) is 2.67. The molecule has 1 fully saturated rings. The molecule has 3 atom stereocenters. The zero-order valence-electron chi connectivity index (χ0n) is 9.62. The first kappa shape index (κ1) is 11.6. The van der Waals surface area contributed by atoms with Gasteiger partial charge in [0.2, 0.25) is 0 Å². The molecule has 2 rings (SSSR count). The Balaban J connectivity index is 2.15. The van der Waals surface area contributed by atoms with Crippen molar-refractivity contribution in [2.75, 3.05) is 26.7 Å². The predicted molar refractivity (Wildman–Crippen MR) is 61.0 cm³/mol. The number of aliphatic hydroxyl groups excluding tert-OH is 1. The molecule has 1 aromatic carbocycles. The molecule has 0 amide bonds. The summed E-state index contributed by atoms with van der Waals surface area (Å²) in [5.41, 5.74) is 1.16. The van der Waals surface area contributed by atoms with Gasteiger partial charge in [-0.05, 0) is 23.6 Å². The molecule has 0 spiro atoms. The van der Waals surface area contributed by atoms with Gasteiger partial charge >= 0.3 is 0 Å². The van der Waals surface area contributed by atoms with E-state index in [0.29, 0.717) is 11.8 Å². The summed E-state index contributed by atoms with van der Waals surface area (Å²) in [4.78, 5) is 1.47. The molecule has 2 nitrogen and oxygen atoms in total. The monoisotopic (exact) mass is 224 g/mol. The fraction of sp³-hybridized carbons (Fsp3) is 0.538. The van der Waals surface area contributed by atoms with Gasteiger partial charge in [-0.3, -0.25) is 0 Å². The summed E-state index contributed by atoms with van der Waals surface area (Å²) in [6, 6.07) is 6.72. The molecule has 1 saturated heterocycles. The topological polar surface area (TPSA) is 24.7 Å². The lowest BCUT2D eigenvalue weighted by molar-refractivity contribution is -0.889. The number of rotatable bonds is 2. The smallest absolute Gasteiger partial charge is 0.123 e. The van der Waals surface area contributed by atoms with Gasteiger partial charge in [-0.2, -0.15) is 0 Å². The zero-order valence-corrected chi connectivity index (χ0v) is 9.62. The normalized spacial score (nSPS) is 30.3. The quantitative estimate of drug-likeness (QED) is 0.748. The lowest BCUT2D eigenvalue weighted by Crippen LogP contribution is -3.11. The average molecular weight is 224 g/mol. The standard InChI is InChI=1S/C13H18FNO/c1-15-7-6-13(11(8-15)9-16)10-2-4-12(14)5-3-10/h2-5,11,13,16H,6-9H2,1H3/p+1/t11-,13-/m0/s1. The highest BCUT2D eigenvalue weighted by Gasteiger charge is 2.30. The first-order chi connectivity index (χ1) is 7.70. The van der Waals surface area contributed by atoms with Crippen LogP contribution >= 0.6 is 0 Å². The average Bonchev–Trinajstić information content (AvgIpc) is 2.30. The second-order valence-corrected chi connectivity index (χ2v) is 4.80. The number of aliphatic hydroxyl groups is 1. The van der Waals surface area contributed by atoms with Gasteiger partial charge in [-0.15, -0.1) is 0 Å². The van der Waals surface area contributed by atoms with Crippen molar-refractivity contribution >= 4 is 0 Å². The van der Waals surface area contributed by atoms with Gasteiger partial charge in [-0.1, -0.05) is 12.1 Å². The second kappa shape index (κ2) is 4.93. The molecule has 0 aliphatic carbocycles. The third-order valence-corrected chi connectivity index (χ3v) is 3.59. The van der Waals surface area contributed by atoms with E-state index in [1.54, 1.807) is 0 Å². The number of piperidine rings is 1. The Labute approximate surface area is 95.7 Å². The van der Waals surface area contributed by atoms with Crippen molar-refractivity contribution < 1.29 is 14.4 Å². The van der Waals surface area contributed by atoms with Crippen LogP contribution in [0.4, 0.5) is 4.39 Å². The van der Waals surface area contributed by atoms with Crippen LogP contribution in [0.5, 0.6) is 0 Å². The molecule has 1 heterocycles. The van der Waals surface area contributed by atoms with E-state index in [9.17, 15) is 9.50 Å². The molecule has 1 unspecified atom stereocenters. The SMILES string of the molecule is C[NH+]1CC[C@@H](c2ccc(F)cc2)[C@H](CO)C1. The number of quaternary nitrogens is 1. The van der Waals surface area contributed by atoms with Crippen molar-refractivity contribution in [2.24, 2.45) is 5.92 Å². The molecule has 0 saturated carbocycles. The van der Waals surface area contributed by atoms with Crippen molar-refractivity contribution in [3.05, 3.63) is 35.6 Å². The molecule has 3 heteroatoms. The Hall–Kier alpha value is -0.930. The van der Waals surface area contributed by atoms with Crippen molar-refractivity contribution in [3.63, 3.8) is 0 Å². The summed E-state index contributed by atoms with van der Waals surface area (Å²) in [7, 11) is 2.16. The number of hydrogen-bond donors (Lipinski definition) is 2. The van der Waals surface area contributed by atoms with E-state index >= 15 is 0 Å². The molecule has 1 aromatic rings. The molecule has 0 bridgehead atoms. The lowest BCUT2D eigenvalue weighted by atomic mass is 9.81. The van der Waals surface area contributed by atoms with Crippen LogP contribution in [0.3, 0.4) is 0 Å². The Morgan fingerprint density at radius 3 is 2.69 bits per heavy atom. The predicted octanol–water partition coefficient (Wildman–Crippen LogP) is 0.436. The fourth-order valence-corrected chi connectivity index (χ4v) is 2.67. The highest BCUT2D eigenvalue weighted by molar-refractivity contribution is 5.21. The Morgan fingerprint density at radius 2 is 2.06 bits per heavy atom. The van der Waals surface area contributed by atoms with Gasteiger partial charge < -0.3 is 10.0 Å².